The molecule has 0 unspecified atom stereocenters. The van der Waals surface area contributed by atoms with Gasteiger partial charge in [0.05, 0.1) is 12.0 Å². The van der Waals surface area contributed by atoms with Crippen LogP contribution in [0.4, 0.5) is 0 Å². The van der Waals surface area contributed by atoms with Gasteiger partial charge in [-0.15, -0.1) is 11.3 Å². The molecule has 7 nitrogen and oxygen atoms in total. The monoisotopic (exact) mass is 457 g/mol. The summed E-state index contributed by atoms with van der Waals surface area (Å²) in [6, 6.07) is 9.91. The smallest absolute Gasteiger partial charge is 0.263 e. The highest BCUT2D eigenvalue weighted by molar-refractivity contribution is 7.12. The summed E-state index contributed by atoms with van der Waals surface area (Å²) >= 11 is 1.43. The summed E-state index contributed by atoms with van der Waals surface area (Å²) in [6.07, 6.45) is 2.10. The Bertz CT molecular complexity index is 923. The summed E-state index contributed by atoms with van der Waals surface area (Å²) in [6.45, 7) is 5.07. The van der Waals surface area contributed by atoms with Crippen LogP contribution >= 0.6 is 11.3 Å². The molecule has 0 saturated carbocycles. The predicted molar refractivity (Wildman–Crippen MR) is 125 cm³/mol. The first kappa shape index (κ1) is 23.8. The number of carbonyl (C=O) groups excluding carboxylic acids is 3. The van der Waals surface area contributed by atoms with Gasteiger partial charge in [-0.05, 0) is 61.7 Å². The van der Waals surface area contributed by atoms with Crippen LogP contribution in [0.5, 0.6) is 5.75 Å². The van der Waals surface area contributed by atoms with E-state index < -0.39 is 6.04 Å². The number of nitrogens with one attached hydrogen (secondary N) is 2. The van der Waals surface area contributed by atoms with Crippen molar-refractivity contribution in [2.75, 3.05) is 20.2 Å². The largest absolute Gasteiger partial charge is 0.497 e. The Balaban J connectivity index is 1.70. The number of amides is 3. The fraction of sp³-hybridized carbons (Fsp3) is 0.458. The molecule has 32 heavy (non-hydrogen) atoms. The maximum Gasteiger partial charge on any atom is 0.263 e. The van der Waals surface area contributed by atoms with Crippen molar-refractivity contribution in [2.24, 2.45) is 5.92 Å². The minimum absolute atomic E-state index is 0.0132. The standard InChI is InChI=1S/C24H31N3O4S/c1-4-16(2)25-23(29)21(26-22(28)18-7-5-8-19(15-18)31-3)17-10-12-27(13-11-17)24(30)20-9-6-14-32-20/h5-9,14-17,21H,4,10-13H2,1-3H3,(H,25,29)(H,26,28)/t16-,21+/m0/s1. The molecule has 1 aliphatic rings. The van der Waals surface area contributed by atoms with Crippen LogP contribution in [0.15, 0.2) is 41.8 Å². The lowest BCUT2D eigenvalue weighted by Gasteiger charge is -2.36. The second-order valence-corrected chi connectivity index (χ2v) is 9.06. The Morgan fingerprint density at radius 2 is 1.91 bits per heavy atom. The first-order chi connectivity index (χ1) is 15.4. The summed E-state index contributed by atoms with van der Waals surface area (Å²) in [7, 11) is 1.55. The number of ether oxygens (including phenoxy) is 1. The number of hydrogen-bond donors (Lipinski definition) is 2. The van der Waals surface area contributed by atoms with Gasteiger partial charge in [0.15, 0.2) is 0 Å². The van der Waals surface area contributed by atoms with E-state index in [1.807, 2.05) is 36.3 Å². The molecule has 0 radical (unpaired) electrons. The van der Waals surface area contributed by atoms with Crippen LogP contribution in [-0.4, -0.2) is 54.9 Å². The third-order valence-corrected chi connectivity index (χ3v) is 6.79. The van der Waals surface area contributed by atoms with Gasteiger partial charge >= 0.3 is 0 Å². The van der Waals surface area contributed by atoms with Crippen LogP contribution < -0.4 is 15.4 Å². The van der Waals surface area contributed by atoms with Gasteiger partial charge in [0.25, 0.3) is 11.8 Å². The minimum Gasteiger partial charge on any atom is -0.497 e. The van der Waals surface area contributed by atoms with E-state index in [2.05, 4.69) is 10.6 Å². The zero-order valence-electron chi connectivity index (χ0n) is 18.8. The number of carbonyl (C=O) groups is 3. The molecule has 8 heteroatoms. The normalized spacial score (nSPS) is 16.2. The van der Waals surface area contributed by atoms with Gasteiger partial charge in [0, 0.05) is 24.7 Å². The van der Waals surface area contributed by atoms with Crippen molar-refractivity contribution in [1.82, 2.24) is 15.5 Å². The lowest BCUT2D eigenvalue weighted by molar-refractivity contribution is -0.125. The minimum atomic E-state index is -0.665. The van der Waals surface area contributed by atoms with Crippen molar-refractivity contribution in [3.63, 3.8) is 0 Å². The molecule has 2 aromatic rings. The number of methoxy groups -OCH3 is 1. The number of thiophene rings is 1. The maximum absolute atomic E-state index is 13.1. The predicted octanol–water partition coefficient (Wildman–Crippen LogP) is 3.32. The molecular formula is C24H31N3O4S. The van der Waals surface area contributed by atoms with Crippen LogP contribution in [0.1, 0.15) is 53.1 Å². The number of benzene rings is 1. The van der Waals surface area contributed by atoms with Crippen LogP contribution in [0, 0.1) is 5.92 Å². The highest BCUT2D eigenvalue weighted by atomic mass is 32.1. The Morgan fingerprint density at radius 1 is 1.16 bits per heavy atom. The molecule has 0 bridgehead atoms. The van der Waals surface area contributed by atoms with Gasteiger partial charge in [0.2, 0.25) is 5.91 Å². The fourth-order valence-corrected chi connectivity index (χ4v) is 4.50. The first-order valence-electron chi connectivity index (χ1n) is 11.0. The highest BCUT2D eigenvalue weighted by Gasteiger charge is 2.34. The van der Waals surface area contributed by atoms with Gasteiger partial charge in [-0.3, -0.25) is 14.4 Å². The van der Waals surface area contributed by atoms with Crippen molar-refractivity contribution in [1.29, 1.82) is 0 Å². The van der Waals surface area contributed by atoms with Crippen LogP contribution in [0.25, 0.3) is 0 Å². The maximum atomic E-state index is 13.1. The second-order valence-electron chi connectivity index (χ2n) is 8.11. The first-order valence-corrected chi connectivity index (χ1v) is 11.9. The zero-order valence-corrected chi connectivity index (χ0v) is 19.6. The van der Waals surface area contributed by atoms with E-state index in [0.29, 0.717) is 37.2 Å². The van der Waals surface area contributed by atoms with Gasteiger partial charge in [0.1, 0.15) is 11.8 Å². The molecule has 172 valence electrons. The molecule has 1 fully saturated rings. The third-order valence-electron chi connectivity index (χ3n) is 5.93. The lowest BCUT2D eigenvalue weighted by Crippen LogP contribution is -2.55. The average molecular weight is 458 g/mol. The summed E-state index contributed by atoms with van der Waals surface area (Å²) < 4.78 is 5.21. The van der Waals surface area contributed by atoms with Gasteiger partial charge in [-0.25, -0.2) is 0 Å². The van der Waals surface area contributed by atoms with Gasteiger partial charge in [-0.2, -0.15) is 0 Å². The second kappa shape index (κ2) is 11.1. The SMILES string of the molecule is CC[C@H](C)NC(=O)[C@H](NC(=O)c1cccc(OC)c1)C1CCN(C(=O)c2cccs2)CC1. The van der Waals surface area contributed by atoms with E-state index in [4.69, 9.17) is 4.74 Å². The van der Waals surface area contributed by atoms with E-state index >= 15 is 0 Å². The number of hydrogen-bond acceptors (Lipinski definition) is 5. The van der Waals surface area contributed by atoms with E-state index in [0.717, 1.165) is 11.3 Å². The molecule has 2 N–H and O–H groups in total. The van der Waals surface area contributed by atoms with Crippen molar-refractivity contribution in [3.05, 3.63) is 52.2 Å². The summed E-state index contributed by atoms with van der Waals surface area (Å²) in [5.74, 6) is 0.0584. The number of likely N-dealkylation sites (tertiary alicyclic amines) is 1. The van der Waals surface area contributed by atoms with E-state index in [-0.39, 0.29) is 29.7 Å². The molecule has 3 rings (SSSR count). The Morgan fingerprint density at radius 3 is 2.53 bits per heavy atom. The van der Waals surface area contributed by atoms with E-state index in [9.17, 15) is 14.4 Å². The summed E-state index contributed by atoms with van der Waals surface area (Å²) in [5.41, 5.74) is 0.441. The molecular weight excluding hydrogens is 426 g/mol. The lowest BCUT2D eigenvalue weighted by atomic mass is 9.88. The third kappa shape index (κ3) is 5.88. The van der Waals surface area contributed by atoms with Gasteiger partial charge < -0.3 is 20.3 Å². The fourth-order valence-electron chi connectivity index (χ4n) is 3.81. The van der Waals surface area contributed by atoms with E-state index in [1.165, 1.54) is 11.3 Å². The Hall–Kier alpha value is -2.87. The topological polar surface area (TPSA) is 87.7 Å². The van der Waals surface area contributed by atoms with Crippen molar-refractivity contribution < 1.29 is 19.1 Å². The zero-order chi connectivity index (χ0) is 23.1. The number of piperidine rings is 1. The molecule has 2 heterocycles. The Labute approximate surface area is 193 Å². The van der Waals surface area contributed by atoms with Crippen LogP contribution in [-0.2, 0) is 4.79 Å². The molecule has 0 spiro atoms. The van der Waals surface area contributed by atoms with Crippen molar-refractivity contribution >= 4 is 29.1 Å². The number of nitrogens with zero attached hydrogens (tertiary/aromatic N) is 1. The van der Waals surface area contributed by atoms with Crippen molar-refractivity contribution in [3.8, 4) is 5.75 Å². The Kier molecular flexibility index (Phi) is 8.27. The molecule has 1 saturated heterocycles. The van der Waals surface area contributed by atoms with E-state index in [1.54, 1.807) is 31.4 Å². The summed E-state index contributed by atoms with van der Waals surface area (Å²) in [4.78, 5) is 41.2. The number of rotatable bonds is 8. The molecule has 2 atom stereocenters. The quantitative estimate of drug-likeness (QED) is 0.637. The van der Waals surface area contributed by atoms with Crippen molar-refractivity contribution in [2.45, 2.75) is 45.2 Å². The van der Waals surface area contributed by atoms with Crippen LogP contribution in [0.2, 0.25) is 0 Å². The highest BCUT2D eigenvalue weighted by Crippen LogP contribution is 2.24. The average Bonchev–Trinajstić information content (AvgIpc) is 3.37. The molecule has 1 aromatic heterocycles. The molecule has 3 amide bonds. The molecule has 1 aliphatic heterocycles. The van der Waals surface area contributed by atoms with Crippen LogP contribution in [0.3, 0.4) is 0 Å². The molecule has 1 aromatic carbocycles. The summed E-state index contributed by atoms with van der Waals surface area (Å²) in [5, 5.41) is 7.84. The van der Waals surface area contributed by atoms with Gasteiger partial charge in [-0.1, -0.05) is 19.1 Å². The molecule has 0 aliphatic carbocycles.